The topological polar surface area (TPSA) is 49.8 Å². The van der Waals surface area contributed by atoms with Gasteiger partial charge in [-0.05, 0) is 45.0 Å². The zero-order chi connectivity index (χ0) is 20.2. The summed E-state index contributed by atoms with van der Waals surface area (Å²) in [5.74, 6) is 0.516. The standard InChI is InChI=1S/C21H22FIN4S2/c1-11-12(4-6-24-11)15-8-13-14(5-7-25-20(13)29-15)27-19-17(23-3)18-16(28-10-26-18)9-21(19,2)22/h5,7-12,19,24H,3-4,6H2,1-2H3,(H,25,27). The highest BCUT2D eigenvalue weighted by Gasteiger charge is 2.38. The van der Waals surface area contributed by atoms with E-state index in [0.717, 1.165) is 42.3 Å². The highest BCUT2D eigenvalue weighted by Crippen LogP contribution is 2.40. The lowest BCUT2D eigenvalue weighted by molar-refractivity contribution is 0.269. The first-order valence-electron chi connectivity index (χ1n) is 9.60. The molecule has 0 radical (unpaired) electrons. The highest BCUT2D eigenvalue weighted by molar-refractivity contribution is 14.2. The van der Waals surface area contributed by atoms with E-state index in [1.807, 2.05) is 12.3 Å². The molecule has 5 rings (SSSR count). The summed E-state index contributed by atoms with van der Waals surface area (Å²) in [5.41, 5.74) is 1.24. The summed E-state index contributed by atoms with van der Waals surface area (Å²) in [5, 5.41) is 9.05. The number of hydrogen-bond donors (Lipinski definition) is 2. The summed E-state index contributed by atoms with van der Waals surface area (Å²) in [4.78, 5) is 11.5. The highest BCUT2D eigenvalue weighted by atomic mass is 127. The van der Waals surface area contributed by atoms with Crippen LogP contribution in [0.25, 0.3) is 19.9 Å². The predicted octanol–water partition coefficient (Wildman–Crippen LogP) is 3.73. The van der Waals surface area contributed by atoms with Gasteiger partial charge in [-0.2, -0.15) is 0 Å². The van der Waals surface area contributed by atoms with Crippen molar-refractivity contribution in [2.45, 2.75) is 43.9 Å². The minimum Gasteiger partial charge on any atom is -0.374 e. The number of anilines is 1. The molecule has 0 bridgehead atoms. The van der Waals surface area contributed by atoms with Crippen molar-refractivity contribution in [3.63, 3.8) is 0 Å². The molecular formula is C21H22FIN4S2. The summed E-state index contributed by atoms with van der Waals surface area (Å²) < 4.78 is 21.8. The Balaban J connectivity index is 1.58. The van der Waals surface area contributed by atoms with Gasteiger partial charge in [-0.25, -0.2) is 14.4 Å². The van der Waals surface area contributed by atoms with Gasteiger partial charge in [-0.15, -0.1) is 22.7 Å². The van der Waals surface area contributed by atoms with E-state index in [-0.39, 0.29) is 0 Å². The van der Waals surface area contributed by atoms with Gasteiger partial charge in [-0.1, -0.05) is 25.2 Å². The van der Waals surface area contributed by atoms with Crippen LogP contribution in [0.3, 0.4) is 0 Å². The van der Waals surface area contributed by atoms with Crippen molar-refractivity contribution in [3.8, 4) is 0 Å². The summed E-state index contributed by atoms with van der Waals surface area (Å²) in [6.45, 7) is 4.94. The van der Waals surface area contributed by atoms with Crippen LogP contribution in [0.4, 0.5) is 10.1 Å². The van der Waals surface area contributed by atoms with Crippen LogP contribution in [-0.2, 0) is 0 Å². The van der Waals surface area contributed by atoms with Crippen LogP contribution in [0, 0.1) is 0 Å². The smallest absolute Gasteiger partial charge is 0.152 e. The van der Waals surface area contributed by atoms with Crippen molar-refractivity contribution in [1.82, 2.24) is 15.3 Å². The van der Waals surface area contributed by atoms with Crippen molar-refractivity contribution in [2.75, 3.05) is 11.9 Å². The van der Waals surface area contributed by atoms with Crippen LogP contribution in [0.15, 0.2) is 23.8 Å². The van der Waals surface area contributed by atoms with Crippen LogP contribution in [0.5, 0.6) is 0 Å². The molecule has 3 aromatic heterocycles. The molecule has 29 heavy (non-hydrogen) atoms. The van der Waals surface area contributed by atoms with E-state index >= 15 is 4.39 Å². The number of nitrogens with zero attached hydrogens (tertiary/aromatic N) is 2. The molecule has 4 nitrogen and oxygen atoms in total. The van der Waals surface area contributed by atoms with Crippen molar-refractivity contribution < 1.29 is 4.39 Å². The zero-order valence-electron chi connectivity index (χ0n) is 16.2. The molecule has 3 aromatic rings. The summed E-state index contributed by atoms with van der Waals surface area (Å²) in [6.07, 6.45) is 4.67. The van der Waals surface area contributed by atoms with Crippen LogP contribution < -0.4 is 20.5 Å². The zero-order valence-corrected chi connectivity index (χ0v) is 20.0. The fourth-order valence-electron chi connectivity index (χ4n) is 4.28. The van der Waals surface area contributed by atoms with E-state index in [2.05, 4.69) is 38.1 Å². The lowest BCUT2D eigenvalue weighted by Crippen LogP contribution is -2.48. The second kappa shape index (κ2) is 7.47. The van der Waals surface area contributed by atoms with Gasteiger partial charge in [0, 0.05) is 37.7 Å². The number of aromatic nitrogens is 2. The van der Waals surface area contributed by atoms with Crippen molar-refractivity contribution in [2.24, 2.45) is 0 Å². The van der Waals surface area contributed by atoms with Crippen molar-refractivity contribution in [3.05, 3.63) is 38.6 Å². The number of pyridine rings is 1. The van der Waals surface area contributed by atoms with Gasteiger partial charge in [-0.3, -0.25) is 0 Å². The second-order valence-electron chi connectivity index (χ2n) is 7.78. The minimum absolute atomic E-state index is 0.455. The fraction of sp³-hybridized carbons (Fsp3) is 0.381. The molecule has 152 valence electrons. The van der Waals surface area contributed by atoms with Gasteiger partial charge in [0.05, 0.1) is 21.4 Å². The van der Waals surface area contributed by atoms with E-state index in [1.54, 1.807) is 29.8 Å². The molecule has 2 N–H and O–H groups in total. The molecule has 0 aromatic carbocycles. The molecular weight excluding hydrogens is 518 g/mol. The SMILES string of the molecule is C=IC1=c2ncsc2=CC(C)(F)C1Nc1ccnc2sc(C3CCNC3C)cc12. The van der Waals surface area contributed by atoms with Gasteiger partial charge in [0.15, 0.2) is 5.67 Å². The van der Waals surface area contributed by atoms with E-state index in [1.165, 1.54) is 16.2 Å². The summed E-state index contributed by atoms with van der Waals surface area (Å²) >= 11 is 2.69. The summed E-state index contributed by atoms with van der Waals surface area (Å²) in [7, 11) is 0. The maximum atomic E-state index is 15.7. The maximum absolute atomic E-state index is 15.7. The second-order valence-corrected chi connectivity index (χ2v) is 11.7. The number of thiophene rings is 1. The van der Waals surface area contributed by atoms with Crippen molar-refractivity contribution >= 4 is 73.5 Å². The Hall–Kier alpha value is -1.23. The first-order chi connectivity index (χ1) is 14.0. The number of alkyl halides is 1. The lowest BCUT2D eigenvalue weighted by Gasteiger charge is -2.32. The molecule has 0 amide bonds. The Bertz CT molecular complexity index is 1210. The average Bonchev–Trinajstić information content (AvgIpc) is 3.40. The third-order valence-corrected chi connectivity index (χ3v) is 9.75. The largest absolute Gasteiger partial charge is 0.374 e. The van der Waals surface area contributed by atoms with Gasteiger partial charge >= 0.3 is 0 Å². The molecule has 2 aliphatic rings. The minimum atomic E-state index is -1.50. The Morgan fingerprint density at radius 1 is 1.41 bits per heavy atom. The van der Waals surface area contributed by atoms with Crippen LogP contribution in [0.2, 0.25) is 0 Å². The molecule has 1 aliphatic carbocycles. The van der Waals surface area contributed by atoms with Gasteiger partial charge in [0.1, 0.15) is 4.83 Å². The van der Waals surface area contributed by atoms with Crippen LogP contribution in [0.1, 0.15) is 31.1 Å². The van der Waals surface area contributed by atoms with E-state index in [4.69, 9.17) is 0 Å². The third kappa shape index (κ3) is 3.37. The molecule has 8 heteroatoms. The first kappa shape index (κ1) is 19.7. The third-order valence-electron chi connectivity index (χ3n) is 5.84. The molecule has 4 unspecified atom stereocenters. The predicted molar refractivity (Wildman–Crippen MR) is 132 cm³/mol. The van der Waals surface area contributed by atoms with E-state index in [0.29, 0.717) is 12.0 Å². The quantitative estimate of drug-likeness (QED) is 0.496. The number of nitrogens with one attached hydrogen (secondary N) is 2. The normalized spacial score (nSPS) is 29.1. The Kier molecular flexibility index (Phi) is 5.08. The molecule has 4 atom stereocenters. The Labute approximate surface area is 186 Å². The molecule has 1 fully saturated rings. The number of rotatable bonds is 4. The Morgan fingerprint density at radius 3 is 3.03 bits per heavy atom. The number of hydrogen-bond acceptors (Lipinski definition) is 6. The molecule has 1 saturated heterocycles. The van der Waals surface area contributed by atoms with Crippen LogP contribution in [-0.4, -0.2) is 38.8 Å². The van der Waals surface area contributed by atoms with Gasteiger partial charge < -0.3 is 10.6 Å². The van der Waals surface area contributed by atoms with Crippen LogP contribution >= 0.6 is 43.4 Å². The summed E-state index contributed by atoms with van der Waals surface area (Å²) in [6, 6.07) is 4.23. The average molecular weight is 540 g/mol. The molecule has 1 aliphatic heterocycles. The number of halogens is 2. The van der Waals surface area contributed by atoms with Gasteiger partial charge in [0.2, 0.25) is 0 Å². The number of thiazole rings is 1. The van der Waals surface area contributed by atoms with E-state index in [9.17, 15) is 0 Å². The molecule has 4 heterocycles. The van der Waals surface area contributed by atoms with Gasteiger partial charge in [0.25, 0.3) is 0 Å². The Morgan fingerprint density at radius 2 is 2.28 bits per heavy atom. The monoisotopic (exact) mass is 540 g/mol. The fourth-order valence-corrected chi connectivity index (χ4v) is 8.57. The molecule has 0 saturated carbocycles. The molecule has 0 spiro atoms. The van der Waals surface area contributed by atoms with Crippen molar-refractivity contribution in [1.29, 1.82) is 0 Å². The van der Waals surface area contributed by atoms with E-state index < -0.39 is 32.4 Å². The lowest BCUT2D eigenvalue weighted by atomic mass is 9.94. The number of fused-ring (bicyclic) bond motifs is 2. The maximum Gasteiger partial charge on any atom is 0.152 e. The first-order valence-corrected chi connectivity index (χ1v) is 13.9.